The van der Waals surface area contributed by atoms with Crippen molar-refractivity contribution in [1.82, 2.24) is 5.32 Å². The van der Waals surface area contributed by atoms with Crippen molar-refractivity contribution in [2.45, 2.75) is 42.2 Å². The Kier molecular flexibility index (Phi) is 11.6. The zero-order valence-electron chi connectivity index (χ0n) is 22.8. The van der Waals surface area contributed by atoms with Gasteiger partial charge in [0, 0.05) is 51.3 Å². The molecule has 0 aliphatic carbocycles. The molecule has 0 aromatic heterocycles. The van der Waals surface area contributed by atoms with Gasteiger partial charge in [-0.3, -0.25) is 0 Å². The first kappa shape index (κ1) is 29.1. The number of thioether (sulfide) groups is 1. The molecule has 2 aliphatic heterocycles. The van der Waals surface area contributed by atoms with E-state index in [0.29, 0.717) is 19.8 Å². The number of ether oxygens (including phenoxy) is 5. The number of piperidine rings is 1. The number of nitrogens with zero attached hydrogens (tertiary/aromatic N) is 1. The minimum Gasteiger partial charge on any atom is -0.490 e. The number of rotatable bonds is 14. The Hall–Kier alpha value is -1.85. The first-order chi connectivity index (χ1) is 18.6. The van der Waals surface area contributed by atoms with Gasteiger partial charge in [0.25, 0.3) is 0 Å². The minimum absolute atomic E-state index is 0.0356. The fourth-order valence-electron chi connectivity index (χ4n) is 5.16. The summed E-state index contributed by atoms with van der Waals surface area (Å²) in [4.78, 5) is 3.59. The lowest BCUT2D eigenvalue weighted by Crippen LogP contribution is -2.51. The Morgan fingerprint density at radius 1 is 1.05 bits per heavy atom. The van der Waals surface area contributed by atoms with Gasteiger partial charge in [-0.05, 0) is 48.1 Å². The van der Waals surface area contributed by atoms with Crippen LogP contribution in [0.5, 0.6) is 5.75 Å². The molecular formula is C29H42N2O6S. The molecule has 2 aromatic rings. The second-order valence-electron chi connectivity index (χ2n) is 9.77. The summed E-state index contributed by atoms with van der Waals surface area (Å²) >= 11 is 1.73. The van der Waals surface area contributed by atoms with Crippen LogP contribution in [-0.4, -0.2) is 96.5 Å². The molecule has 4 rings (SSSR count). The number of methoxy groups -OCH3 is 2. The average molecular weight is 547 g/mol. The third-order valence-electron chi connectivity index (χ3n) is 7.08. The van der Waals surface area contributed by atoms with E-state index < -0.39 is 6.10 Å². The Morgan fingerprint density at radius 2 is 1.84 bits per heavy atom. The number of anilines is 1. The summed E-state index contributed by atoms with van der Waals surface area (Å²) in [5, 5.41) is 13.7. The third kappa shape index (κ3) is 7.85. The molecule has 0 amide bonds. The molecule has 38 heavy (non-hydrogen) atoms. The molecule has 0 saturated carbocycles. The third-order valence-corrected chi connectivity index (χ3v) is 7.82. The number of hydrogen-bond donors (Lipinski definition) is 2. The molecule has 0 radical (unpaired) electrons. The van der Waals surface area contributed by atoms with Crippen LogP contribution in [0.15, 0.2) is 47.4 Å². The lowest BCUT2D eigenvalue weighted by atomic mass is 9.85. The molecule has 0 bridgehead atoms. The maximum atomic E-state index is 10.2. The quantitative estimate of drug-likeness (QED) is 0.274. The standard InChI is InChI=1S/C29H42N2O6S/c1-33-13-4-11-31-12-14-35-26-10-5-21(15-25(26)31)18-36-27-16-30-17-28(37-20-23(32)19-34-2)29(27)22-6-8-24(38-3)9-7-22/h5-10,15,23,27-30,32H,4,11-14,16-20H2,1-3H3/t23-,27+,28-,29-/m1/s1. The van der Waals surface area contributed by atoms with Gasteiger partial charge in [-0.2, -0.15) is 0 Å². The van der Waals surface area contributed by atoms with Crippen molar-refractivity contribution in [2.75, 3.05) is 78.0 Å². The highest BCUT2D eigenvalue weighted by Gasteiger charge is 2.36. The molecule has 0 unspecified atom stereocenters. The largest absolute Gasteiger partial charge is 0.490 e. The molecule has 1 saturated heterocycles. The number of hydrogen-bond acceptors (Lipinski definition) is 9. The average Bonchev–Trinajstić information content (AvgIpc) is 2.95. The summed E-state index contributed by atoms with van der Waals surface area (Å²) in [6, 6.07) is 15.0. The van der Waals surface area contributed by atoms with Gasteiger partial charge in [-0.15, -0.1) is 11.8 Å². The van der Waals surface area contributed by atoms with Crippen molar-refractivity contribution in [3.63, 3.8) is 0 Å². The molecule has 8 nitrogen and oxygen atoms in total. The van der Waals surface area contributed by atoms with E-state index in [4.69, 9.17) is 23.7 Å². The van der Waals surface area contributed by atoms with E-state index in [9.17, 15) is 5.11 Å². The van der Waals surface area contributed by atoms with E-state index >= 15 is 0 Å². The second-order valence-corrected chi connectivity index (χ2v) is 10.7. The lowest BCUT2D eigenvalue weighted by Gasteiger charge is -2.39. The Labute approximate surface area is 230 Å². The molecule has 9 heteroatoms. The van der Waals surface area contributed by atoms with E-state index in [1.54, 1.807) is 26.0 Å². The topological polar surface area (TPSA) is 81.7 Å². The van der Waals surface area contributed by atoms with E-state index in [1.165, 1.54) is 10.5 Å². The van der Waals surface area contributed by atoms with Gasteiger partial charge in [0.05, 0.1) is 44.3 Å². The van der Waals surface area contributed by atoms with E-state index in [2.05, 4.69) is 58.9 Å². The van der Waals surface area contributed by atoms with Crippen LogP contribution >= 0.6 is 11.8 Å². The van der Waals surface area contributed by atoms with Crippen molar-refractivity contribution in [3.8, 4) is 5.75 Å². The van der Waals surface area contributed by atoms with Crippen LogP contribution in [0.25, 0.3) is 0 Å². The summed E-state index contributed by atoms with van der Waals surface area (Å²) in [5.41, 5.74) is 3.41. The zero-order chi connectivity index (χ0) is 26.7. The molecule has 2 N–H and O–H groups in total. The van der Waals surface area contributed by atoms with Crippen LogP contribution in [0.3, 0.4) is 0 Å². The minimum atomic E-state index is -0.662. The summed E-state index contributed by atoms with van der Waals surface area (Å²) in [7, 11) is 3.32. The fraction of sp³-hybridized carbons (Fsp3) is 0.586. The predicted octanol–water partition coefficient (Wildman–Crippen LogP) is 3.31. The van der Waals surface area contributed by atoms with Gasteiger partial charge >= 0.3 is 0 Å². The molecular weight excluding hydrogens is 504 g/mol. The van der Waals surface area contributed by atoms with Gasteiger partial charge in [0.1, 0.15) is 18.5 Å². The van der Waals surface area contributed by atoms with Crippen LogP contribution in [-0.2, 0) is 25.6 Å². The van der Waals surface area contributed by atoms with E-state index in [1.807, 2.05) is 0 Å². The molecule has 210 valence electrons. The normalized spacial score (nSPS) is 22.1. The number of nitrogens with one attached hydrogen (secondary N) is 1. The second kappa shape index (κ2) is 15.1. The van der Waals surface area contributed by atoms with Gasteiger partial charge < -0.3 is 39.0 Å². The molecule has 2 heterocycles. The van der Waals surface area contributed by atoms with Crippen molar-refractivity contribution < 1.29 is 28.8 Å². The van der Waals surface area contributed by atoms with Crippen molar-refractivity contribution in [3.05, 3.63) is 53.6 Å². The molecule has 4 atom stereocenters. The molecule has 2 aromatic carbocycles. The maximum Gasteiger partial charge on any atom is 0.142 e. The maximum absolute atomic E-state index is 10.2. The highest BCUT2D eigenvalue weighted by molar-refractivity contribution is 7.98. The zero-order valence-corrected chi connectivity index (χ0v) is 23.6. The Bertz CT molecular complexity index is 978. The number of aliphatic hydroxyl groups excluding tert-OH is 1. The SMILES string of the molecule is COCCCN1CCOc2ccc(CO[C@H]3CNC[C@@H](OC[C@H](O)COC)[C@@H]3c3ccc(SC)cc3)cc21. The summed E-state index contributed by atoms with van der Waals surface area (Å²) in [5.74, 6) is 0.958. The van der Waals surface area contributed by atoms with Crippen molar-refractivity contribution in [2.24, 2.45) is 0 Å². The summed E-state index contributed by atoms with van der Waals surface area (Å²) < 4.78 is 29.0. The van der Waals surface area contributed by atoms with Crippen LogP contribution in [0.4, 0.5) is 5.69 Å². The van der Waals surface area contributed by atoms with Gasteiger partial charge in [0.2, 0.25) is 0 Å². The molecule has 1 fully saturated rings. The van der Waals surface area contributed by atoms with E-state index in [-0.39, 0.29) is 31.3 Å². The number of benzene rings is 2. The highest BCUT2D eigenvalue weighted by atomic mass is 32.2. The van der Waals surface area contributed by atoms with Crippen LogP contribution < -0.4 is 15.0 Å². The Balaban J connectivity index is 1.47. The smallest absolute Gasteiger partial charge is 0.142 e. The number of fused-ring (bicyclic) bond motifs is 1. The van der Waals surface area contributed by atoms with Crippen LogP contribution in [0.1, 0.15) is 23.5 Å². The summed E-state index contributed by atoms with van der Waals surface area (Å²) in [6.07, 6.45) is 2.18. The van der Waals surface area contributed by atoms with Gasteiger partial charge in [-0.1, -0.05) is 18.2 Å². The molecule has 2 aliphatic rings. The first-order valence-electron chi connectivity index (χ1n) is 13.4. The van der Waals surface area contributed by atoms with Crippen molar-refractivity contribution >= 4 is 17.4 Å². The van der Waals surface area contributed by atoms with Crippen LogP contribution in [0, 0.1) is 0 Å². The van der Waals surface area contributed by atoms with Crippen LogP contribution in [0.2, 0.25) is 0 Å². The lowest BCUT2D eigenvalue weighted by molar-refractivity contribution is -0.0856. The number of aliphatic hydroxyl groups is 1. The molecule has 0 spiro atoms. The Morgan fingerprint density at radius 3 is 2.58 bits per heavy atom. The summed E-state index contributed by atoms with van der Waals surface area (Å²) in [6.45, 7) is 5.63. The fourth-order valence-corrected chi connectivity index (χ4v) is 5.57. The predicted molar refractivity (Wildman–Crippen MR) is 151 cm³/mol. The van der Waals surface area contributed by atoms with Gasteiger partial charge in [0.15, 0.2) is 0 Å². The van der Waals surface area contributed by atoms with Gasteiger partial charge in [-0.25, -0.2) is 0 Å². The van der Waals surface area contributed by atoms with E-state index in [0.717, 1.165) is 49.7 Å². The monoisotopic (exact) mass is 546 g/mol. The highest BCUT2D eigenvalue weighted by Crippen LogP contribution is 2.35. The van der Waals surface area contributed by atoms with Crippen molar-refractivity contribution in [1.29, 1.82) is 0 Å². The first-order valence-corrected chi connectivity index (χ1v) is 14.6.